The highest BCUT2D eigenvalue weighted by molar-refractivity contribution is 6.15. The van der Waals surface area contributed by atoms with Crippen LogP contribution >= 0.6 is 0 Å². The van der Waals surface area contributed by atoms with Crippen LogP contribution in [0, 0.1) is 55.2 Å². The van der Waals surface area contributed by atoms with Crippen molar-refractivity contribution >= 4 is 34.3 Å². The first-order chi connectivity index (χ1) is 30.5. The average molecular weight is 920 g/mol. The summed E-state index contributed by atoms with van der Waals surface area (Å²) in [5, 5.41) is 0. The number of nitrogens with zero attached hydrogens (tertiary/aromatic N) is 1. The van der Waals surface area contributed by atoms with Crippen LogP contribution in [-0.4, -0.2) is 28.1 Å². The zero-order valence-electron chi connectivity index (χ0n) is 46.6. The van der Waals surface area contributed by atoms with Gasteiger partial charge in [-0.1, -0.05) is 190 Å². The molecule has 0 N–H and O–H groups in total. The van der Waals surface area contributed by atoms with E-state index in [-0.39, 0.29) is 29.1 Å². The van der Waals surface area contributed by atoms with Crippen LogP contribution in [0.25, 0.3) is 11.1 Å². The van der Waals surface area contributed by atoms with Gasteiger partial charge in [0.2, 0.25) is 0 Å². The molecule has 1 aromatic rings. The van der Waals surface area contributed by atoms with E-state index in [0.717, 1.165) is 66.9 Å². The molecule has 5 nitrogen and oxygen atoms in total. The molecule has 0 radical (unpaired) electrons. The molecule has 0 aromatic carbocycles. The van der Waals surface area contributed by atoms with E-state index in [1.165, 1.54) is 0 Å². The van der Waals surface area contributed by atoms with E-state index in [1.54, 1.807) is 0 Å². The first kappa shape index (κ1) is 54.2. The van der Waals surface area contributed by atoms with E-state index < -0.39 is 49.2 Å². The van der Waals surface area contributed by atoms with Crippen molar-refractivity contribution in [2.45, 2.75) is 166 Å². The van der Waals surface area contributed by atoms with E-state index in [0.29, 0.717) is 11.4 Å². The smallest absolute Gasteiger partial charge is 0.186 e. The molecule has 0 saturated heterocycles. The molecule has 5 heteroatoms. The van der Waals surface area contributed by atoms with Gasteiger partial charge in [0.15, 0.2) is 23.1 Å². The number of carbonyl (C=O) groups is 4. The average Bonchev–Trinajstić information content (AvgIpc) is 3.13. The van der Waals surface area contributed by atoms with Gasteiger partial charge in [-0.2, -0.15) is 0 Å². The molecule has 366 valence electrons. The van der Waals surface area contributed by atoms with E-state index in [9.17, 15) is 19.2 Å². The molecule has 0 amide bonds. The minimum absolute atomic E-state index is 0.0394. The minimum Gasteiger partial charge on any atom is -0.294 e. The number of aromatic nitrogens is 1. The predicted molar refractivity (Wildman–Crippen MR) is 285 cm³/mol. The van der Waals surface area contributed by atoms with Crippen LogP contribution in [0.2, 0.25) is 0 Å². The summed E-state index contributed by atoms with van der Waals surface area (Å²) in [4.78, 5) is 63.9. The zero-order chi connectivity index (χ0) is 52.0. The Morgan fingerprint density at radius 3 is 1.09 bits per heavy atom. The van der Waals surface area contributed by atoms with Gasteiger partial charge in [-0.05, 0) is 108 Å². The summed E-state index contributed by atoms with van der Waals surface area (Å²) < 4.78 is 0. The molecule has 0 fully saturated rings. The Balaban J connectivity index is 2.08. The van der Waals surface area contributed by atoms with E-state index >= 15 is 0 Å². The number of carbonyl (C=O) groups excluding carboxylic acids is 4. The fourth-order valence-electron chi connectivity index (χ4n) is 9.62. The Morgan fingerprint density at radius 1 is 0.397 bits per heavy atom. The lowest BCUT2D eigenvalue weighted by Gasteiger charge is -2.36. The van der Waals surface area contributed by atoms with E-state index in [2.05, 4.69) is 221 Å². The Kier molecular flexibility index (Phi) is 14.0. The lowest BCUT2D eigenvalue weighted by molar-refractivity contribution is -0.121. The summed E-state index contributed by atoms with van der Waals surface area (Å²) in [5.41, 5.74) is 7.23. The van der Waals surface area contributed by atoms with Gasteiger partial charge in [-0.15, -0.1) is 0 Å². The van der Waals surface area contributed by atoms with Crippen molar-refractivity contribution < 1.29 is 19.2 Å². The molecule has 1 unspecified atom stereocenters. The molecule has 0 saturated carbocycles. The maximum absolute atomic E-state index is 14.5. The monoisotopic (exact) mass is 920 g/mol. The lowest BCUT2D eigenvalue weighted by Crippen LogP contribution is -2.34. The molecule has 68 heavy (non-hydrogen) atoms. The van der Waals surface area contributed by atoms with Gasteiger partial charge in [0.25, 0.3) is 0 Å². The number of hydrogen-bond acceptors (Lipinski definition) is 5. The molecule has 4 aliphatic rings. The molecular formula is C63H85NO4. The number of rotatable bonds is 4. The largest absolute Gasteiger partial charge is 0.294 e. The van der Waals surface area contributed by atoms with Crippen molar-refractivity contribution in [3.63, 3.8) is 0 Å². The van der Waals surface area contributed by atoms with Crippen LogP contribution < -0.4 is 0 Å². The summed E-state index contributed by atoms with van der Waals surface area (Å²) in [6.45, 7) is 50.3. The van der Waals surface area contributed by atoms with Crippen molar-refractivity contribution in [3.05, 3.63) is 134 Å². The molecule has 0 aliphatic heterocycles. The minimum atomic E-state index is -0.471. The molecular weight excluding hydrogens is 835 g/mol. The van der Waals surface area contributed by atoms with E-state index in [1.807, 2.05) is 12.1 Å². The highest BCUT2D eigenvalue weighted by Crippen LogP contribution is 2.49. The normalized spacial score (nSPS) is 20.0. The maximum Gasteiger partial charge on any atom is 0.186 e. The molecule has 0 spiro atoms. The van der Waals surface area contributed by atoms with Gasteiger partial charge in [0, 0.05) is 56.4 Å². The van der Waals surface area contributed by atoms with Crippen LogP contribution in [-0.2, 0) is 19.2 Å². The van der Waals surface area contributed by atoms with Crippen molar-refractivity contribution in [3.8, 4) is 0 Å². The van der Waals surface area contributed by atoms with Crippen molar-refractivity contribution in [1.82, 2.24) is 4.98 Å². The number of allylic oxidation sites excluding steroid dienone is 20. The first-order valence-electron chi connectivity index (χ1n) is 24.9. The van der Waals surface area contributed by atoms with Crippen LogP contribution in [0.1, 0.15) is 178 Å². The van der Waals surface area contributed by atoms with Gasteiger partial charge in [0.1, 0.15) is 0 Å². The predicted octanol–water partition coefficient (Wildman–Crippen LogP) is 15.9. The van der Waals surface area contributed by atoms with Gasteiger partial charge in [0.05, 0.1) is 11.4 Å². The number of Topliss-reactive ketones (excluding diaryl/α,β-unsaturated/α-hetero) is 4. The van der Waals surface area contributed by atoms with Gasteiger partial charge < -0.3 is 0 Å². The first-order valence-corrected chi connectivity index (χ1v) is 24.9. The van der Waals surface area contributed by atoms with Gasteiger partial charge in [-0.25, -0.2) is 4.98 Å². The van der Waals surface area contributed by atoms with Gasteiger partial charge in [-0.3, -0.25) is 19.2 Å². The molecule has 1 atom stereocenters. The third kappa shape index (κ3) is 11.1. The summed E-state index contributed by atoms with van der Waals surface area (Å²) in [6, 6.07) is 6.14. The van der Waals surface area contributed by atoms with Crippen molar-refractivity contribution in [2.24, 2.45) is 55.2 Å². The molecule has 1 heterocycles. The summed E-state index contributed by atoms with van der Waals surface area (Å²) in [5.74, 6) is -0.549. The Labute approximate surface area is 412 Å². The summed E-state index contributed by atoms with van der Waals surface area (Å²) in [7, 11) is 0. The number of pyridine rings is 1. The molecule has 1 aromatic heterocycles. The van der Waals surface area contributed by atoms with Crippen molar-refractivity contribution in [2.75, 3.05) is 0 Å². The highest BCUT2D eigenvalue weighted by atomic mass is 16.1. The quantitative estimate of drug-likeness (QED) is 0.301. The number of ketones is 4. The van der Waals surface area contributed by atoms with Crippen LogP contribution in [0.4, 0.5) is 0 Å². The SMILES string of the molecule is CC(C)(C)C1=CC(=C(C2=CC(C(C)(C)C)C(=O)C(C(C)(C)C)=C2)c2cccc(C(=C3C=C(C(C)(C)C)C(=O)C(C(C)(C)C)=C3)C3C=C(C(C)(C)C)C(=O)C(C(C)(C)C)=C3)n2)C=C(C(C)(C)C)C1=O. The zero-order valence-corrected chi connectivity index (χ0v) is 46.6. The van der Waals surface area contributed by atoms with Crippen LogP contribution in [0.3, 0.4) is 0 Å². The fraction of sp³-hybridized carbons (Fsp3) is 0.540. The standard InChI is InChI=1S/C63H85NO4/c1-56(2,3)40-28-36(29-41(52(40)65)57(4,5)6)50(37-30-42(58(7,8)9)53(66)43(31-37)59(10,11)12)48-26-25-27-49(64-48)51(38-32-44(60(13,14)15)54(67)45(33-38)61(16,17)18)39-34-46(62(19,20)21)55(68)47(35-39)63(22,23)24/h25-36,44H,1-24H3. The molecule has 5 rings (SSSR count). The molecule has 0 bridgehead atoms. The highest BCUT2D eigenvalue weighted by Gasteiger charge is 2.42. The Bertz CT molecular complexity index is 2550. The summed E-state index contributed by atoms with van der Waals surface area (Å²) in [6.07, 6.45) is 16.7. The van der Waals surface area contributed by atoms with E-state index in [4.69, 9.17) is 4.98 Å². The third-order valence-corrected chi connectivity index (χ3v) is 13.6. The van der Waals surface area contributed by atoms with Crippen LogP contribution in [0.5, 0.6) is 0 Å². The topological polar surface area (TPSA) is 81.2 Å². The van der Waals surface area contributed by atoms with Gasteiger partial charge >= 0.3 is 0 Å². The molecule has 4 aliphatic carbocycles. The Hall–Kier alpha value is -4.77. The fourth-order valence-corrected chi connectivity index (χ4v) is 9.62. The van der Waals surface area contributed by atoms with Crippen LogP contribution in [0.15, 0.2) is 123 Å². The summed E-state index contributed by atoms with van der Waals surface area (Å²) >= 11 is 0. The second-order valence-electron chi connectivity index (χ2n) is 28.2. The lowest BCUT2D eigenvalue weighted by atomic mass is 9.67. The number of hydrogen-bond donors (Lipinski definition) is 0. The maximum atomic E-state index is 14.5. The second-order valence-corrected chi connectivity index (χ2v) is 28.2. The Morgan fingerprint density at radius 2 is 0.735 bits per heavy atom. The second kappa shape index (κ2) is 17.6. The van der Waals surface area contributed by atoms with Crippen molar-refractivity contribution in [1.29, 1.82) is 0 Å². The third-order valence-electron chi connectivity index (χ3n) is 13.6.